The van der Waals surface area contributed by atoms with E-state index in [9.17, 15) is 9.59 Å². The second kappa shape index (κ2) is 9.75. The van der Waals surface area contributed by atoms with E-state index < -0.39 is 0 Å². The van der Waals surface area contributed by atoms with E-state index in [4.69, 9.17) is 0 Å². The van der Waals surface area contributed by atoms with Crippen LogP contribution in [0.5, 0.6) is 0 Å². The number of amides is 2. The Bertz CT molecular complexity index is 681. The molecule has 158 valence electrons. The van der Waals surface area contributed by atoms with Crippen molar-refractivity contribution in [2.75, 3.05) is 26.2 Å². The molecule has 2 amide bonds. The number of rotatable bonds is 7. The first-order valence-corrected chi connectivity index (χ1v) is 11.6. The summed E-state index contributed by atoms with van der Waals surface area (Å²) in [5.41, 5.74) is 1.32. The lowest BCUT2D eigenvalue weighted by atomic mass is 9.94. The quantitative estimate of drug-likeness (QED) is 0.770. The molecule has 5 heteroatoms. The highest BCUT2D eigenvalue weighted by Crippen LogP contribution is 2.28. The topological polar surface area (TPSA) is 52.7 Å². The molecule has 0 aromatic heterocycles. The predicted octanol–water partition coefficient (Wildman–Crippen LogP) is 2.99. The van der Waals surface area contributed by atoms with Crippen LogP contribution in [0.4, 0.5) is 0 Å². The van der Waals surface area contributed by atoms with Crippen LogP contribution in [0, 0.1) is 5.92 Å². The Balaban J connectivity index is 1.32. The van der Waals surface area contributed by atoms with E-state index in [1.54, 1.807) is 0 Å². The van der Waals surface area contributed by atoms with E-state index in [2.05, 4.69) is 34.5 Å². The lowest BCUT2D eigenvalue weighted by Crippen LogP contribution is -2.46. The molecule has 1 aliphatic carbocycles. The third-order valence-electron chi connectivity index (χ3n) is 7.03. The van der Waals surface area contributed by atoms with Crippen molar-refractivity contribution in [3.8, 4) is 0 Å². The summed E-state index contributed by atoms with van der Waals surface area (Å²) >= 11 is 0. The van der Waals surface area contributed by atoms with Crippen LogP contribution in [0.1, 0.15) is 56.9 Å². The average molecular weight is 398 g/mol. The largest absolute Gasteiger partial charge is 0.354 e. The molecule has 0 radical (unpaired) electrons. The van der Waals surface area contributed by atoms with Gasteiger partial charge in [0.25, 0.3) is 0 Å². The Kier molecular flexibility index (Phi) is 6.86. The lowest BCUT2D eigenvalue weighted by molar-refractivity contribution is -0.130. The maximum atomic E-state index is 12.9. The molecule has 1 aromatic carbocycles. The number of likely N-dealkylation sites (tertiary alicyclic amines) is 2. The molecule has 1 saturated carbocycles. The summed E-state index contributed by atoms with van der Waals surface area (Å²) in [4.78, 5) is 29.9. The smallest absolute Gasteiger partial charge is 0.225 e. The van der Waals surface area contributed by atoms with Gasteiger partial charge in [-0.3, -0.25) is 14.5 Å². The molecule has 2 aliphatic heterocycles. The van der Waals surface area contributed by atoms with Crippen molar-refractivity contribution in [2.24, 2.45) is 5.92 Å². The molecule has 2 heterocycles. The van der Waals surface area contributed by atoms with Gasteiger partial charge in [-0.25, -0.2) is 0 Å². The van der Waals surface area contributed by atoms with Crippen LogP contribution in [-0.4, -0.2) is 59.9 Å². The Hall–Kier alpha value is -1.88. The molecule has 2 saturated heterocycles. The zero-order chi connectivity index (χ0) is 20.1. The van der Waals surface area contributed by atoms with E-state index in [1.807, 2.05) is 11.0 Å². The zero-order valence-corrected chi connectivity index (χ0v) is 17.5. The molecule has 3 aliphatic rings. The summed E-state index contributed by atoms with van der Waals surface area (Å²) in [6, 6.07) is 11.2. The van der Waals surface area contributed by atoms with Gasteiger partial charge in [-0.1, -0.05) is 49.6 Å². The molecule has 4 rings (SSSR count). The van der Waals surface area contributed by atoms with E-state index in [0.717, 1.165) is 32.4 Å². The third kappa shape index (κ3) is 5.19. The molecule has 29 heavy (non-hydrogen) atoms. The molecule has 0 spiro atoms. The third-order valence-corrected chi connectivity index (χ3v) is 7.03. The first-order chi connectivity index (χ1) is 14.2. The molecule has 2 atom stereocenters. The summed E-state index contributed by atoms with van der Waals surface area (Å²) in [5, 5.41) is 3.21. The van der Waals surface area contributed by atoms with Crippen molar-refractivity contribution in [2.45, 2.75) is 69.9 Å². The number of carbonyl (C=O) groups excluding carboxylic acids is 2. The summed E-state index contributed by atoms with van der Waals surface area (Å²) < 4.78 is 0. The van der Waals surface area contributed by atoms with Crippen LogP contribution in [0.2, 0.25) is 0 Å². The van der Waals surface area contributed by atoms with Gasteiger partial charge in [0, 0.05) is 31.6 Å². The minimum absolute atomic E-state index is 0.0638. The van der Waals surface area contributed by atoms with E-state index >= 15 is 0 Å². The van der Waals surface area contributed by atoms with Gasteiger partial charge in [0.1, 0.15) is 0 Å². The number of benzene rings is 1. The molecular formula is C24H35N3O2. The van der Waals surface area contributed by atoms with Gasteiger partial charge < -0.3 is 10.2 Å². The van der Waals surface area contributed by atoms with Crippen LogP contribution >= 0.6 is 0 Å². The molecule has 3 fully saturated rings. The van der Waals surface area contributed by atoms with Crippen molar-refractivity contribution >= 4 is 11.8 Å². The Morgan fingerprint density at radius 1 is 1.03 bits per heavy atom. The fourth-order valence-corrected chi connectivity index (χ4v) is 5.34. The van der Waals surface area contributed by atoms with Gasteiger partial charge in [-0.05, 0) is 50.8 Å². The molecule has 1 aromatic rings. The highest BCUT2D eigenvalue weighted by atomic mass is 16.2. The summed E-state index contributed by atoms with van der Waals surface area (Å²) in [6.45, 7) is 3.51. The Labute approximate surface area is 174 Å². The van der Waals surface area contributed by atoms with Crippen LogP contribution in [0.3, 0.4) is 0 Å². The maximum absolute atomic E-state index is 12.9. The second-order valence-electron chi connectivity index (χ2n) is 9.07. The molecule has 2 unspecified atom stereocenters. The minimum atomic E-state index is -0.180. The normalized spacial score (nSPS) is 24.8. The van der Waals surface area contributed by atoms with Gasteiger partial charge in [-0.15, -0.1) is 0 Å². The van der Waals surface area contributed by atoms with Crippen molar-refractivity contribution in [1.29, 1.82) is 0 Å². The molecule has 0 bridgehead atoms. The number of hydrogen-bond donors (Lipinski definition) is 1. The second-order valence-corrected chi connectivity index (χ2v) is 9.07. The van der Waals surface area contributed by atoms with Crippen molar-refractivity contribution in [3.05, 3.63) is 35.9 Å². The van der Waals surface area contributed by atoms with Crippen LogP contribution in [0.25, 0.3) is 0 Å². The number of nitrogens with zero attached hydrogens (tertiary/aromatic N) is 2. The van der Waals surface area contributed by atoms with Crippen LogP contribution in [0.15, 0.2) is 30.3 Å². The van der Waals surface area contributed by atoms with Crippen LogP contribution in [-0.2, 0) is 16.0 Å². The van der Waals surface area contributed by atoms with E-state index in [1.165, 1.54) is 37.7 Å². The van der Waals surface area contributed by atoms with Crippen molar-refractivity contribution in [3.63, 3.8) is 0 Å². The molecule has 5 nitrogen and oxygen atoms in total. The standard InChI is InChI=1S/C24H35N3O2/c28-23-16-20(18-27(23)21-11-5-2-6-12-21)24(29)25-17-22(26-13-7-8-14-26)15-19-9-3-1-4-10-19/h1,3-4,9-10,20-22H,2,5-8,11-18H2,(H,25,29). The number of carbonyl (C=O) groups is 2. The highest BCUT2D eigenvalue weighted by Gasteiger charge is 2.38. The van der Waals surface area contributed by atoms with Gasteiger partial charge in [0.05, 0.1) is 5.92 Å². The van der Waals surface area contributed by atoms with E-state index in [-0.39, 0.29) is 17.7 Å². The van der Waals surface area contributed by atoms with Crippen molar-refractivity contribution < 1.29 is 9.59 Å². The Morgan fingerprint density at radius 2 is 1.76 bits per heavy atom. The maximum Gasteiger partial charge on any atom is 0.225 e. The summed E-state index contributed by atoms with van der Waals surface area (Å²) in [6.07, 6.45) is 9.74. The fraction of sp³-hybridized carbons (Fsp3) is 0.667. The highest BCUT2D eigenvalue weighted by molar-refractivity contribution is 5.89. The molecular weight excluding hydrogens is 362 g/mol. The van der Waals surface area contributed by atoms with Gasteiger partial charge in [0.15, 0.2) is 0 Å². The van der Waals surface area contributed by atoms with Gasteiger partial charge in [0.2, 0.25) is 11.8 Å². The fourth-order valence-electron chi connectivity index (χ4n) is 5.34. The minimum Gasteiger partial charge on any atom is -0.354 e. The van der Waals surface area contributed by atoms with Gasteiger partial charge >= 0.3 is 0 Å². The lowest BCUT2D eigenvalue weighted by Gasteiger charge is -2.31. The average Bonchev–Trinajstić information content (AvgIpc) is 3.42. The summed E-state index contributed by atoms with van der Waals surface area (Å²) in [7, 11) is 0. The monoisotopic (exact) mass is 397 g/mol. The SMILES string of the molecule is O=C(NCC(Cc1ccccc1)N1CCCC1)C1CC(=O)N(C2CCCCC2)C1. The zero-order valence-electron chi connectivity index (χ0n) is 17.5. The summed E-state index contributed by atoms with van der Waals surface area (Å²) in [5.74, 6) is 0.0618. The first kappa shape index (κ1) is 20.4. The van der Waals surface area contributed by atoms with Gasteiger partial charge in [-0.2, -0.15) is 0 Å². The van der Waals surface area contributed by atoms with E-state index in [0.29, 0.717) is 31.6 Å². The predicted molar refractivity (Wildman–Crippen MR) is 114 cm³/mol. The molecule has 1 N–H and O–H groups in total. The first-order valence-electron chi connectivity index (χ1n) is 11.6. The van der Waals surface area contributed by atoms with Crippen LogP contribution < -0.4 is 5.32 Å². The number of nitrogens with one attached hydrogen (secondary N) is 1. The Morgan fingerprint density at radius 3 is 2.48 bits per heavy atom. The van der Waals surface area contributed by atoms with Crippen molar-refractivity contribution in [1.82, 2.24) is 15.1 Å². The number of hydrogen-bond acceptors (Lipinski definition) is 3.